The first kappa shape index (κ1) is 11.3. The number of rotatable bonds is 0. The number of benzene rings is 1. The summed E-state index contributed by atoms with van der Waals surface area (Å²) >= 11 is 0. The quantitative estimate of drug-likeness (QED) is 0.669. The first-order chi connectivity index (χ1) is 6.79. The summed E-state index contributed by atoms with van der Waals surface area (Å²) in [5, 5.41) is 9.62. The Balaban J connectivity index is 0.000000461. The molecule has 2 atom stereocenters. The minimum Gasteiger partial charge on any atom is -0.392 e. The molecule has 78 valence electrons. The minimum absolute atomic E-state index is 0.139. The SMILES string of the molecule is CC.C[C@@H]1c2ccccc2CC[C@H]1O. The van der Waals surface area contributed by atoms with Crippen molar-refractivity contribution in [3.8, 4) is 0 Å². The van der Waals surface area contributed by atoms with Crippen LogP contribution in [0.3, 0.4) is 0 Å². The Morgan fingerprint density at radius 3 is 2.57 bits per heavy atom. The van der Waals surface area contributed by atoms with E-state index < -0.39 is 0 Å². The van der Waals surface area contributed by atoms with Gasteiger partial charge in [-0.3, -0.25) is 0 Å². The van der Waals surface area contributed by atoms with E-state index in [2.05, 4.69) is 25.1 Å². The lowest BCUT2D eigenvalue weighted by molar-refractivity contribution is 0.132. The maximum absolute atomic E-state index is 9.62. The lowest BCUT2D eigenvalue weighted by Crippen LogP contribution is -2.22. The van der Waals surface area contributed by atoms with Crippen molar-refractivity contribution >= 4 is 0 Å². The van der Waals surface area contributed by atoms with Crippen molar-refractivity contribution in [2.45, 2.75) is 45.6 Å². The van der Waals surface area contributed by atoms with Crippen LogP contribution in [0.15, 0.2) is 24.3 Å². The molecule has 1 aliphatic rings. The summed E-state index contributed by atoms with van der Waals surface area (Å²) in [6.07, 6.45) is 1.81. The summed E-state index contributed by atoms with van der Waals surface area (Å²) in [5.41, 5.74) is 2.74. The maximum Gasteiger partial charge on any atom is 0.0609 e. The fourth-order valence-electron chi connectivity index (χ4n) is 1.97. The number of fused-ring (bicyclic) bond motifs is 1. The first-order valence-electron chi connectivity index (χ1n) is 5.55. The number of aryl methyl sites for hydroxylation is 1. The summed E-state index contributed by atoms with van der Waals surface area (Å²) in [6.45, 7) is 6.10. The highest BCUT2D eigenvalue weighted by Crippen LogP contribution is 2.30. The Hall–Kier alpha value is -0.820. The topological polar surface area (TPSA) is 20.2 Å². The third kappa shape index (κ3) is 2.16. The fraction of sp³-hybridized carbons (Fsp3) is 0.538. The van der Waals surface area contributed by atoms with Gasteiger partial charge in [-0.15, -0.1) is 0 Å². The monoisotopic (exact) mass is 192 g/mol. The van der Waals surface area contributed by atoms with Gasteiger partial charge in [0.15, 0.2) is 0 Å². The third-order valence-corrected chi connectivity index (χ3v) is 2.83. The van der Waals surface area contributed by atoms with Crippen molar-refractivity contribution < 1.29 is 5.11 Å². The molecule has 0 radical (unpaired) electrons. The highest BCUT2D eigenvalue weighted by Gasteiger charge is 2.23. The zero-order chi connectivity index (χ0) is 10.6. The van der Waals surface area contributed by atoms with Crippen LogP contribution in [-0.4, -0.2) is 11.2 Å². The van der Waals surface area contributed by atoms with Gasteiger partial charge in [-0.25, -0.2) is 0 Å². The molecule has 1 aliphatic carbocycles. The highest BCUT2D eigenvalue weighted by molar-refractivity contribution is 5.33. The van der Waals surface area contributed by atoms with E-state index in [1.807, 2.05) is 19.9 Å². The van der Waals surface area contributed by atoms with E-state index in [0.717, 1.165) is 12.8 Å². The van der Waals surface area contributed by atoms with Gasteiger partial charge in [0.05, 0.1) is 6.10 Å². The number of aliphatic hydroxyl groups excluding tert-OH is 1. The Bertz CT molecular complexity index is 280. The van der Waals surface area contributed by atoms with E-state index in [-0.39, 0.29) is 6.10 Å². The zero-order valence-electron chi connectivity index (χ0n) is 9.33. The van der Waals surface area contributed by atoms with E-state index in [4.69, 9.17) is 0 Å². The minimum atomic E-state index is -0.139. The van der Waals surface area contributed by atoms with Gasteiger partial charge in [0.2, 0.25) is 0 Å². The standard InChI is InChI=1S/C11H14O.C2H6/c1-8-10-5-3-2-4-9(10)6-7-11(8)12;1-2/h2-5,8,11-12H,6-7H2,1H3;1-2H3/t8-,11-;/m1./s1. The molecule has 2 rings (SSSR count). The average Bonchev–Trinajstić information content (AvgIpc) is 2.27. The van der Waals surface area contributed by atoms with Crippen molar-refractivity contribution in [3.63, 3.8) is 0 Å². The lowest BCUT2D eigenvalue weighted by atomic mass is 9.82. The van der Waals surface area contributed by atoms with Gasteiger partial charge in [-0.2, -0.15) is 0 Å². The Morgan fingerprint density at radius 2 is 1.86 bits per heavy atom. The number of hydrogen-bond donors (Lipinski definition) is 1. The van der Waals surface area contributed by atoms with Crippen molar-refractivity contribution in [1.29, 1.82) is 0 Å². The van der Waals surface area contributed by atoms with Crippen LogP contribution in [0.2, 0.25) is 0 Å². The molecule has 0 fully saturated rings. The van der Waals surface area contributed by atoms with Gasteiger partial charge in [0, 0.05) is 5.92 Å². The predicted molar refractivity (Wildman–Crippen MR) is 60.5 cm³/mol. The molecule has 0 unspecified atom stereocenters. The number of aliphatic hydroxyl groups is 1. The molecule has 1 aromatic carbocycles. The molecule has 0 saturated heterocycles. The van der Waals surface area contributed by atoms with E-state index >= 15 is 0 Å². The molecular formula is C13H20O. The van der Waals surface area contributed by atoms with Gasteiger partial charge in [0.25, 0.3) is 0 Å². The summed E-state index contributed by atoms with van der Waals surface area (Å²) in [5.74, 6) is 0.315. The second-order valence-corrected chi connectivity index (χ2v) is 3.59. The molecule has 0 spiro atoms. The molecule has 14 heavy (non-hydrogen) atoms. The Kier molecular flexibility index (Phi) is 4.15. The second kappa shape index (κ2) is 5.16. The fourth-order valence-corrected chi connectivity index (χ4v) is 1.97. The molecule has 1 aromatic rings. The first-order valence-corrected chi connectivity index (χ1v) is 5.55. The molecule has 0 aliphatic heterocycles. The average molecular weight is 192 g/mol. The lowest BCUT2D eigenvalue weighted by Gasteiger charge is -2.27. The molecule has 0 heterocycles. The number of hydrogen-bond acceptors (Lipinski definition) is 1. The predicted octanol–water partition coefficient (Wildman–Crippen LogP) is 3.12. The third-order valence-electron chi connectivity index (χ3n) is 2.83. The largest absolute Gasteiger partial charge is 0.392 e. The Labute approximate surface area is 86.8 Å². The van der Waals surface area contributed by atoms with Crippen molar-refractivity contribution in [1.82, 2.24) is 0 Å². The van der Waals surface area contributed by atoms with Gasteiger partial charge < -0.3 is 5.11 Å². The van der Waals surface area contributed by atoms with Crippen molar-refractivity contribution in [2.75, 3.05) is 0 Å². The highest BCUT2D eigenvalue weighted by atomic mass is 16.3. The van der Waals surface area contributed by atoms with Crippen LogP contribution in [0, 0.1) is 0 Å². The summed E-state index contributed by atoms with van der Waals surface area (Å²) in [6, 6.07) is 8.41. The van der Waals surface area contributed by atoms with Crippen LogP contribution in [0.25, 0.3) is 0 Å². The van der Waals surface area contributed by atoms with Crippen molar-refractivity contribution in [3.05, 3.63) is 35.4 Å². The molecular weight excluding hydrogens is 172 g/mol. The summed E-state index contributed by atoms with van der Waals surface area (Å²) in [4.78, 5) is 0. The van der Waals surface area contributed by atoms with E-state index in [1.54, 1.807) is 0 Å². The zero-order valence-corrected chi connectivity index (χ0v) is 9.33. The molecule has 1 nitrogen and oxygen atoms in total. The van der Waals surface area contributed by atoms with Gasteiger partial charge in [0.1, 0.15) is 0 Å². The van der Waals surface area contributed by atoms with Gasteiger partial charge in [-0.1, -0.05) is 45.0 Å². The van der Waals surface area contributed by atoms with Gasteiger partial charge in [-0.05, 0) is 24.0 Å². The smallest absolute Gasteiger partial charge is 0.0609 e. The second-order valence-electron chi connectivity index (χ2n) is 3.59. The Morgan fingerprint density at radius 1 is 1.21 bits per heavy atom. The summed E-state index contributed by atoms with van der Waals surface area (Å²) in [7, 11) is 0. The van der Waals surface area contributed by atoms with E-state index in [9.17, 15) is 5.11 Å². The molecule has 0 amide bonds. The molecule has 1 N–H and O–H groups in total. The molecule has 0 bridgehead atoms. The van der Waals surface area contributed by atoms with E-state index in [1.165, 1.54) is 11.1 Å². The van der Waals surface area contributed by atoms with Crippen LogP contribution in [0.5, 0.6) is 0 Å². The van der Waals surface area contributed by atoms with Crippen LogP contribution < -0.4 is 0 Å². The summed E-state index contributed by atoms with van der Waals surface area (Å²) < 4.78 is 0. The molecule has 0 saturated carbocycles. The van der Waals surface area contributed by atoms with Crippen molar-refractivity contribution in [2.24, 2.45) is 0 Å². The normalized spacial score (nSPS) is 24.6. The van der Waals surface area contributed by atoms with Crippen LogP contribution in [-0.2, 0) is 6.42 Å². The van der Waals surface area contributed by atoms with Crippen LogP contribution in [0.1, 0.15) is 44.2 Å². The van der Waals surface area contributed by atoms with Crippen LogP contribution >= 0.6 is 0 Å². The van der Waals surface area contributed by atoms with Crippen LogP contribution in [0.4, 0.5) is 0 Å². The maximum atomic E-state index is 9.62. The molecule has 1 heteroatoms. The van der Waals surface area contributed by atoms with Gasteiger partial charge >= 0.3 is 0 Å². The molecule has 0 aromatic heterocycles. The van der Waals surface area contributed by atoms with E-state index in [0.29, 0.717) is 5.92 Å².